The Balaban J connectivity index is 1.91. The molecule has 3 rings (SSSR count). The fraction of sp³-hybridized carbons (Fsp3) is 0.350. The monoisotopic (exact) mass is 372 g/mol. The smallest absolute Gasteiger partial charge is 0.262 e. The van der Waals surface area contributed by atoms with Crippen LogP contribution in [0.1, 0.15) is 40.7 Å². The molecule has 26 heavy (non-hydrogen) atoms. The molecule has 0 radical (unpaired) electrons. The van der Waals surface area contributed by atoms with E-state index in [1.165, 1.54) is 0 Å². The van der Waals surface area contributed by atoms with Crippen molar-refractivity contribution >= 4 is 21.6 Å². The highest BCUT2D eigenvalue weighted by atomic mass is 32.2. The topological polar surface area (TPSA) is 66.5 Å². The van der Waals surface area contributed by atoms with Gasteiger partial charge in [-0.3, -0.25) is 9.52 Å². The van der Waals surface area contributed by atoms with Gasteiger partial charge >= 0.3 is 0 Å². The average Bonchev–Trinajstić information content (AvgIpc) is 2.61. The van der Waals surface area contributed by atoms with Crippen LogP contribution in [0.2, 0.25) is 0 Å². The standard InChI is InChI=1S/C20H24N2O3S/c1-15-10-11-19(16(2)14-15)26(24,25)21-18-9-5-4-8-17(18)20(23)22-12-6-3-7-13-22/h4-5,8-11,14,21H,3,6-7,12-13H2,1-2H3. The summed E-state index contributed by atoms with van der Waals surface area (Å²) in [6, 6.07) is 12.0. The molecule has 0 aromatic heterocycles. The number of sulfonamides is 1. The maximum Gasteiger partial charge on any atom is 0.262 e. The van der Waals surface area contributed by atoms with Gasteiger partial charge in [-0.15, -0.1) is 0 Å². The van der Waals surface area contributed by atoms with E-state index in [0.29, 0.717) is 16.8 Å². The van der Waals surface area contributed by atoms with Gasteiger partial charge in [0, 0.05) is 13.1 Å². The summed E-state index contributed by atoms with van der Waals surface area (Å²) in [7, 11) is -3.77. The summed E-state index contributed by atoms with van der Waals surface area (Å²) < 4.78 is 28.3. The highest BCUT2D eigenvalue weighted by Gasteiger charge is 2.23. The molecule has 1 heterocycles. The molecule has 0 aliphatic carbocycles. The van der Waals surface area contributed by atoms with Crippen molar-refractivity contribution in [1.29, 1.82) is 0 Å². The minimum Gasteiger partial charge on any atom is -0.339 e. The Morgan fingerprint density at radius 2 is 1.69 bits per heavy atom. The van der Waals surface area contributed by atoms with Crippen molar-refractivity contribution in [1.82, 2.24) is 4.90 Å². The molecule has 0 spiro atoms. The Bertz CT molecular complexity index is 916. The van der Waals surface area contributed by atoms with Gasteiger partial charge in [-0.05, 0) is 56.9 Å². The van der Waals surface area contributed by atoms with Crippen molar-refractivity contribution in [2.45, 2.75) is 38.0 Å². The van der Waals surface area contributed by atoms with Gasteiger partial charge in [0.15, 0.2) is 0 Å². The first-order valence-electron chi connectivity index (χ1n) is 8.87. The number of hydrogen-bond acceptors (Lipinski definition) is 3. The van der Waals surface area contributed by atoms with E-state index < -0.39 is 10.0 Å². The van der Waals surface area contributed by atoms with Gasteiger partial charge in [0.05, 0.1) is 16.1 Å². The predicted octanol–water partition coefficient (Wildman–Crippen LogP) is 3.73. The van der Waals surface area contributed by atoms with Crippen LogP contribution in [0.5, 0.6) is 0 Å². The van der Waals surface area contributed by atoms with E-state index in [4.69, 9.17) is 0 Å². The second-order valence-corrected chi connectivity index (χ2v) is 8.42. The lowest BCUT2D eigenvalue weighted by atomic mass is 10.1. The summed E-state index contributed by atoms with van der Waals surface area (Å²) in [4.78, 5) is 14.9. The number of nitrogens with zero attached hydrogens (tertiary/aromatic N) is 1. The molecule has 0 bridgehead atoms. The van der Waals surface area contributed by atoms with Crippen molar-refractivity contribution in [2.24, 2.45) is 0 Å². The summed E-state index contributed by atoms with van der Waals surface area (Å²) in [5, 5.41) is 0. The minimum absolute atomic E-state index is 0.122. The van der Waals surface area contributed by atoms with Crippen LogP contribution < -0.4 is 4.72 Å². The van der Waals surface area contributed by atoms with Gasteiger partial charge in [-0.25, -0.2) is 8.42 Å². The number of aryl methyl sites for hydroxylation is 2. The number of carbonyl (C=O) groups is 1. The van der Waals surface area contributed by atoms with Crippen molar-refractivity contribution in [2.75, 3.05) is 17.8 Å². The van der Waals surface area contributed by atoms with Crippen molar-refractivity contribution in [3.05, 3.63) is 59.2 Å². The number of anilines is 1. The summed E-state index contributed by atoms with van der Waals surface area (Å²) in [5.74, 6) is -0.122. The molecule has 2 aromatic rings. The summed E-state index contributed by atoms with van der Waals surface area (Å²) >= 11 is 0. The maximum absolute atomic E-state index is 12.8. The van der Waals surface area contributed by atoms with Gasteiger partial charge < -0.3 is 4.90 Å². The number of piperidine rings is 1. The fourth-order valence-corrected chi connectivity index (χ4v) is 4.63. The third-order valence-corrected chi connectivity index (χ3v) is 6.19. The van der Waals surface area contributed by atoms with Gasteiger partial charge in [-0.2, -0.15) is 0 Å². The van der Waals surface area contributed by atoms with E-state index in [2.05, 4.69) is 4.72 Å². The number of amides is 1. The lowest BCUT2D eigenvalue weighted by Gasteiger charge is -2.27. The number of benzene rings is 2. The highest BCUT2D eigenvalue weighted by molar-refractivity contribution is 7.92. The molecule has 1 N–H and O–H groups in total. The zero-order valence-electron chi connectivity index (χ0n) is 15.2. The minimum atomic E-state index is -3.77. The van der Waals surface area contributed by atoms with Crippen LogP contribution in [-0.4, -0.2) is 32.3 Å². The quantitative estimate of drug-likeness (QED) is 0.889. The Morgan fingerprint density at radius 3 is 2.38 bits per heavy atom. The van der Waals surface area contributed by atoms with Crippen LogP contribution >= 0.6 is 0 Å². The Kier molecular flexibility index (Phi) is 5.32. The van der Waals surface area contributed by atoms with Crippen LogP contribution in [0, 0.1) is 13.8 Å². The molecule has 2 aromatic carbocycles. The molecule has 5 nitrogen and oxygen atoms in total. The van der Waals surface area contributed by atoms with Crippen LogP contribution in [0.25, 0.3) is 0 Å². The average molecular weight is 372 g/mol. The van der Waals surface area contributed by atoms with Crippen LogP contribution in [0.3, 0.4) is 0 Å². The van der Waals surface area contributed by atoms with Gasteiger partial charge in [0.2, 0.25) is 0 Å². The summed E-state index contributed by atoms with van der Waals surface area (Å²) in [5.41, 5.74) is 2.39. The van der Waals surface area contributed by atoms with E-state index >= 15 is 0 Å². The normalized spacial score (nSPS) is 14.9. The molecule has 1 saturated heterocycles. The van der Waals surface area contributed by atoms with E-state index in [9.17, 15) is 13.2 Å². The van der Waals surface area contributed by atoms with Gasteiger partial charge in [0.1, 0.15) is 0 Å². The SMILES string of the molecule is Cc1ccc(S(=O)(=O)Nc2ccccc2C(=O)N2CCCCC2)c(C)c1. The number of nitrogens with one attached hydrogen (secondary N) is 1. The molecule has 1 fully saturated rings. The molecule has 1 aliphatic heterocycles. The van der Waals surface area contributed by atoms with E-state index in [1.807, 2.05) is 13.0 Å². The zero-order valence-corrected chi connectivity index (χ0v) is 16.0. The van der Waals surface area contributed by atoms with Crippen molar-refractivity contribution in [3.63, 3.8) is 0 Å². The van der Waals surface area contributed by atoms with Crippen LogP contribution in [-0.2, 0) is 10.0 Å². The zero-order chi connectivity index (χ0) is 18.7. The Labute approximate surface area is 155 Å². The first kappa shape index (κ1) is 18.5. The third-order valence-electron chi connectivity index (χ3n) is 4.67. The van der Waals surface area contributed by atoms with E-state index in [-0.39, 0.29) is 10.8 Å². The highest BCUT2D eigenvalue weighted by Crippen LogP contribution is 2.24. The fourth-order valence-electron chi connectivity index (χ4n) is 3.33. The second kappa shape index (κ2) is 7.50. The molecule has 138 valence electrons. The lowest BCUT2D eigenvalue weighted by Crippen LogP contribution is -2.36. The largest absolute Gasteiger partial charge is 0.339 e. The van der Waals surface area contributed by atoms with Gasteiger partial charge in [-0.1, -0.05) is 29.8 Å². The predicted molar refractivity (Wildman–Crippen MR) is 103 cm³/mol. The molecule has 0 saturated carbocycles. The number of hydrogen-bond donors (Lipinski definition) is 1. The molecule has 0 atom stereocenters. The molecule has 1 aliphatic rings. The Morgan fingerprint density at radius 1 is 1.00 bits per heavy atom. The second-order valence-electron chi connectivity index (χ2n) is 6.77. The molecule has 6 heteroatoms. The van der Waals surface area contributed by atoms with Crippen molar-refractivity contribution < 1.29 is 13.2 Å². The van der Waals surface area contributed by atoms with Gasteiger partial charge in [0.25, 0.3) is 15.9 Å². The lowest BCUT2D eigenvalue weighted by molar-refractivity contribution is 0.0725. The number of para-hydroxylation sites is 1. The number of likely N-dealkylation sites (tertiary alicyclic amines) is 1. The molecular formula is C20H24N2O3S. The van der Waals surface area contributed by atoms with Crippen LogP contribution in [0.4, 0.5) is 5.69 Å². The molecular weight excluding hydrogens is 348 g/mol. The van der Waals surface area contributed by atoms with Crippen molar-refractivity contribution in [3.8, 4) is 0 Å². The van der Waals surface area contributed by atoms with Crippen LogP contribution in [0.15, 0.2) is 47.4 Å². The molecule has 1 amide bonds. The first-order chi connectivity index (χ1) is 12.4. The Hall–Kier alpha value is -2.34. The maximum atomic E-state index is 12.8. The first-order valence-corrected chi connectivity index (χ1v) is 10.4. The van der Waals surface area contributed by atoms with E-state index in [0.717, 1.165) is 37.9 Å². The molecule has 0 unspecified atom stereocenters. The number of rotatable bonds is 4. The van der Waals surface area contributed by atoms with E-state index in [1.54, 1.807) is 48.2 Å². The summed E-state index contributed by atoms with van der Waals surface area (Å²) in [6.45, 7) is 5.13. The summed E-state index contributed by atoms with van der Waals surface area (Å²) in [6.07, 6.45) is 3.11. The number of carbonyl (C=O) groups excluding carboxylic acids is 1. The third kappa shape index (κ3) is 3.90.